The number of unbranched alkanes of at least 4 members (excludes halogenated alkanes) is 1. The Hall–Kier alpha value is -4.98. The number of para-hydroxylation sites is 2. The molecule has 0 radical (unpaired) electrons. The largest absolute Gasteiger partial charge is 0.507 e. The summed E-state index contributed by atoms with van der Waals surface area (Å²) in [5.74, 6) is 1.38. The number of amides is 2. The summed E-state index contributed by atoms with van der Waals surface area (Å²) in [5, 5.41) is 29.7. The third-order valence-electron chi connectivity index (χ3n) is 9.00. The Labute approximate surface area is 295 Å². The molecule has 8 heteroatoms. The molecule has 8 bridgehead atoms. The maximum atomic E-state index is 13.5. The Kier molecular flexibility index (Phi) is 12.4. The van der Waals surface area contributed by atoms with Crippen LogP contribution in [0.5, 0.6) is 23.0 Å². The van der Waals surface area contributed by atoms with Crippen molar-refractivity contribution in [2.24, 2.45) is 0 Å². The number of hydrogen-bond acceptors (Lipinski definition) is 6. The minimum absolute atomic E-state index is 0.114. The van der Waals surface area contributed by atoms with Crippen molar-refractivity contribution >= 4 is 17.5 Å². The third-order valence-corrected chi connectivity index (χ3v) is 9.00. The van der Waals surface area contributed by atoms with Crippen LogP contribution in [-0.4, -0.2) is 41.8 Å². The molecule has 0 saturated carbocycles. The Morgan fingerprint density at radius 2 is 1.08 bits per heavy atom. The molecule has 2 amide bonds. The van der Waals surface area contributed by atoms with Gasteiger partial charge in [-0.15, -0.1) is 0 Å². The van der Waals surface area contributed by atoms with Gasteiger partial charge in [0.05, 0.1) is 13.2 Å². The van der Waals surface area contributed by atoms with E-state index in [4.69, 9.17) is 9.47 Å². The van der Waals surface area contributed by atoms with Gasteiger partial charge in [0.25, 0.3) is 5.91 Å². The third kappa shape index (κ3) is 8.59. The number of anilines is 1. The van der Waals surface area contributed by atoms with E-state index in [0.29, 0.717) is 96.9 Å². The Morgan fingerprint density at radius 3 is 1.48 bits per heavy atom. The summed E-state index contributed by atoms with van der Waals surface area (Å²) in [5.41, 5.74) is 7.11. The standard InChI is InChI=1S/C42H50N2O6/c1-5-9-16-43-42(48)35-23-31-19-27-12-10-14-29(40(27)49-17-6-2)21-33-25-36(44-37(45)8-4)26-34(39(33)47)22-30-15-11-13-28(41(30)50-18-7-3)20-32(24-35)38(31)46/h10-15,23-26,46-47H,5-9,16-22H2,1-4H3,(H,43,48)(H,44,45). The molecule has 4 aromatic rings. The molecule has 4 N–H and O–H groups in total. The van der Waals surface area contributed by atoms with Gasteiger partial charge < -0.3 is 30.3 Å². The molecule has 1 aliphatic rings. The van der Waals surface area contributed by atoms with Crippen LogP contribution in [0.3, 0.4) is 0 Å². The second-order valence-corrected chi connectivity index (χ2v) is 13.0. The van der Waals surface area contributed by atoms with Gasteiger partial charge in [-0.1, -0.05) is 70.5 Å². The van der Waals surface area contributed by atoms with Crippen molar-refractivity contribution in [3.63, 3.8) is 0 Å². The predicted molar refractivity (Wildman–Crippen MR) is 198 cm³/mol. The van der Waals surface area contributed by atoms with E-state index in [1.54, 1.807) is 12.1 Å². The van der Waals surface area contributed by atoms with Gasteiger partial charge in [0.15, 0.2) is 0 Å². The maximum absolute atomic E-state index is 13.5. The number of carbonyl (C=O) groups excluding carboxylic acids is 2. The van der Waals surface area contributed by atoms with Crippen LogP contribution in [0.2, 0.25) is 0 Å². The molecular formula is C42H50N2O6. The number of rotatable bonds is 12. The molecule has 50 heavy (non-hydrogen) atoms. The molecule has 0 atom stereocenters. The van der Waals surface area contributed by atoms with Crippen LogP contribution in [0, 0.1) is 0 Å². The minimum atomic E-state index is -0.178. The van der Waals surface area contributed by atoms with Gasteiger partial charge in [-0.05, 0) is 76.9 Å². The molecule has 1 aliphatic carbocycles. The number of hydrogen-bond donors (Lipinski definition) is 4. The Balaban J connectivity index is 1.75. The number of ether oxygens (including phenoxy) is 2. The quantitative estimate of drug-likeness (QED) is 0.0781. The van der Waals surface area contributed by atoms with E-state index in [1.807, 2.05) is 69.3 Å². The molecule has 0 fully saturated rings. The first-order valence-electron chi connectivity index (χ1n) is 18.0. The summed E-state index contributed by atoms with van der Waals surface area (Å²) in [6.45, 7) is 9.53. The monoisotopic (exact) mass is 678 g/mol. The van der Waals surface area contributed by atoms with Gasteiger partial charge in [-0.25, -0.2) is 0 Å². The molecule has 0 spiro atoms. The average molecular weight is 679 g/mol. The topological polar surface area (TPSA) is 117 Å². The van der Waals surface area contributed by atoms with Crippen LogP contribution in [0.4, 0.5) is 5.69 Å². The van der Waals surface area contributed by atoms with E-state index < -0.39 is 0 Å². The number of aromatic hydroxyl groups is 2. The van der Waals surface area contributed by atoms with Crippen LogP contribution < -0.4 is 20.1 Å². The Morgan fingerprint density at radius 1 is 0.640 bits per heavy atom. The van der Waals surface area contributed by atoms with Crippen molar-refractivity contribution in [1.82, 2.24) is 5.32 Å². The van der Waals surface area contributed by atoms with Crippen molar-refractivity contribution in [2.75, 3.05) is 25.1 Å². The van der Waals surface area contributed by atoms with E-state index in [-0.39, 0.29) is 23.3 Å². The van der Waals surface area contributed by atoms with Gasteiger partial charge in [-0.2, -0.15) is 0 Å². The highest BCUT2D eigenvalue weighted by atomic mass is 16.5. The number of phenols is 2. The van der Waals surface area contributed by atoms with Crippen LogP contribution in [0.1, 0.15) is 115 Å². The highest BCUT2D eigenvalue weighted by molar-refractivity contribution is 5.95. The van der Waals surface area contributed by atoms with Gasteiger partial charge in [0, 0.05) is 61.0 Å². The molecule has 264 valence electrons. The lowest BCUT2D eigenvalue weighted by atomic mass is 9.90. The predicted octanol–water partition coefficient (Wildman–Crippen LogP) is 8.23. The first-order chi connectivity index (χ1) is 24.3. The first-order valence-corrected chi connectivity index (χ1v) is 18.0. The molecule has 0 unspecified atom stereocenters. The maximum Gasteiger partial charge on any atom is 0.251 e. The van der Waals surface area contributed by atoms with E-state index >= 15 is 0 Å². The van der Waals surface area contributed by atoms with Gasteiger partial charge in [0.1, 0.15) is 23.0 Å². The summed E-state index contributed by atoms with van der Waals surface area (Å²) in [7, 11) is 0. The Bertz CT molecular complexity index is 1730. The molecule has 8 nitrogen and oxygen atoms in total. The molecule has 0 heterocycles. The van der Waals surface area contributed by atoms with Crippen molar-refractivity contribution in [1.29, 1.82) is 0 Å². The minimum Gasteiger partial charge on any atom is -0.507 e. The highest BCUT2D eigenvalue weighted by Crippen LogP contribution is 2.39. The smallest absolute Gasteiger partial charge is 0.251 e. The van der Waals surface area contributed by atoms with Crippen LogP contribution >= 0.6 is 0 Å². The lowest BCUT2D eigenvalue weighted by Gasteiger charge is -2.21. The lowest BCUT2D eigenvalue weighted by molar-refractivity contribution is -0.115. The second kappa shape index (κ2) is 17.1. The van der Waals surface area contributed by atoms with Crippen molar-refractivity contribution in [2.45, 2.75) is 85.5 Å². The fourth-order valence-corrected chi connectivity index (χ4v) is 6.43. The SMILES string of the molecule is CCCCNC(=O)c1cc2c(O)c(c1)Cc1cccc(c1OCCC)Cc1cc(NC(=O)CC)cc(c1O)Cc1cccc(c1OCCC)C2. The number of fused-ring (bicyclic) bond motifs is 8. The first kappa shape index (κ1) is 36.3. The molecule has 4 aromatic carbocycles. The number of nitrogens with one attached hydrogen (secondary N) is 2. The van der Waals surface area contributed by atoms with E-state index in [0.717, 1.165) is 47.9 Å². The normalized spacial score (nSPS) is 12.2. The molecule has 5 rings (SSSR count). The van der Waals surface area contributed by atoms with E-state index in [2.05, 4.69) is 17.6 Å². The lowest BCUT2D eigenvalue weighted by Crippen LogP contribution is -2.24. The van der Waals surface area contributed by atoms with Crippen molar-refractivity contribution in [3.05, 3.63) is 111 Å². The van der Waals surface area contributed by atoms with Crippen molar-refractivity contribution < 1.29 is 29.3 Å². The van der Waals surface area contributed by atoms with Gasteiger partial charge in [0.2, 0.25) is 5.91 Å². The summed E-state index contributed by atoms with van der Waals surface area (Å²) in [6, 6.07) is 19.1. The summed E-state index contributed by atoms with van der Waals surface area (Å²) in [6.07, 6.45) is 5.11. The van der Waals surface area contributed by atoms with Gasteiger partial charge >= 0.3 is 0 Å². The number of phenolic OH excluding ortho intramolecular Hbond substituents is 2. The van der Waals surface area contributed by atoms with Crippen LogP contribution in [0.25, 0.3) is 0 Å². The fraction of sp³-hybridized carbons (Fsp3) is 0.381. The fourth-order valence-electron chi connectivity index (χ4n) is 6.43. The number of carbonyl (C=O) groups is 2. The molecule has 0 saturated heterocycles. The van der Waals surface area contributed by atoms with E-state index in [9.17, 15) is 19.8 Å². The van der Waals surface area contributed by atoms with E-state index in [1.165, 1.54) is 0 Å². The highest BCUT2D eigenvalue weighted by Gasteiger charge is 2.23. The summed E-state index contributed by atoms with van der Waals surface area (Å²) < 4.78 is 12.8. The van der Waals surface area contributed by atoms with Crippen LogP contribution in [0.15, 0.2) is 60.7 Å². The summed E-state index contributed by atoms with van der Waals surface area (Å²) >= 11 is 0. The second-order valence-electron chi connectivity index (χ2n) is 13.0. The molecule has 0 aliphatic heterocycles. The zero-order chi connectivity index (χ0) is 35.6. The molecular weight excluding hydrogens is 628 g/mol. The zero-order valence-electron chi connectivity index (χ0n) is 29.8. The van der Waals surface area contributed by atoms with Gasteiger partial charge in [-0.3, -0.25) is 9.59 Å². The van der Waals surface area contributed by atoms with Crippen LogP contribution in [-0.2, 0) is 30.5 Å². The number of benzene rings is 4. The average Bonchev–Trinajstić information content (AvgIpc) is 3.10. The van der Waals surface area contributed by atoms with Crippen molar-refractivity contribution in [3.8, 4) is 23.0 Å². The summed E-state index contributed by atoms with van der Waals surface area (Å²) in [4.78, 5) is 26.0. The molecule has 0 aromatic heterocycles. The zero-order valence-corrected chi connectivity index (χ0v) is 29.8.